The van der Waals surface area contributed by atoms with Gasteiger partial charge in [0.25, 0.3) is 11.1 Å². The molecule has 0 unspecified atom stereocenters. The average molecular weight is 653 g/mol. The van der Waals surface area contributed by atoms with Crippen molar-refractivity contribution in [1.82, 2.24) is 4.90 Å². The molecule has 1 aliphatic heterocycles. The number of carbonyl (C=O) groups excluding carboxylic acids is 2. The normalized spacial score (nSPS) is 14.7. The number of benzene rings is 3. The van der Waals surface area contributed by atoms with Crippen molar-refractivity contribution < 1.29 is 31.7 Å². The highest BCUT2D eigenvalue weighted by molar-refractivity contribution is 9.10. The number of imide groups is 1. The summed E-state index contributed by atoms with van der Waals surface area (Å²) in [5, 5.41) is -0.0220. The van der Waals surface area contributed by atoms with Gasteiger partial charge >= 0.3 is 10.1 Å². The summed E-state index contributed by atoms with van der Waals surface area (Å²) >= 11 is 9.98. The molecule has 0 spiro atoms. The fraction of sp³-hybridized carbons (Fsp3) is 0.185. The highest BCUT2D eigenvalue weighted by Gasteiger charge is 2.35. The zero-order valence-electron chi connectivity index (χ0n) is 21.1. The molecule has 0 bridgehead atoms. The van der Waals surface area contributed by atoms with E-state index < -0.39 is 21.3 Å². The van der Waals surface area contributed by atoms with Crippen molar-refractivity contribution in [2.45, 2.75) is 18.7 Å². The first-order chi connectivity index (χ1) is 18.5. The van der Waals surface area contributed by atoms with E-state index in [1.807, 2.05) is 32.0 Å². The molecule has 0 radical (unpaired) electrons. The van der Waals surface area contributed by atoms with Gasteiger partial charge in [-0.2, -0.15) is 8.42 Å². The summed E-state index contributed by atoms with van der Waals surface area (Å²) in [6.45, 7) is 4.13. The van der Waals surface area contributed by atoms with E-state index in [4.69, 9.17) is 25.3 Å². The van der Waals surface area contributed by atoms with E-state index in [1.165, 1.54) is 43.5 Å². The zero-order chi connectivity index (χ0) is 28.3. The van der Waals surface area contributed by atoms with Crippen molar-refractivity contribution >= 4 is 66.6 Å². The van der Waals surface area contributed by atoms with Crippen LogP contribution in [0.2, 0.25) is 5.02 Å². The van der Waals surface area contributed by atoms with Crippen LogP contribution >= 0.6 is 39.3 Å². The number of thioether (sulfide) groups is 1. The number of methoxy groups -OCH3 is 1. The Hall–Kier alpha value is -2.99. The van der Waals surface area contributed by atoms with Crippen LogP contribution in [-0.4, -0.2) is 44.7 Å². The molecule has 1 fully saturated rings. The van der Waals surface area contributed by atoms with Crippen LogP contribution in [0.4, 0.5) is 4.79 Å². The van der Waals surface area contributed by atoms with Gasteiger partial charge in [0.05, 0.1) is 23.0 Å². The molecule has 2 amide bonds. The molecule has 4 rings (SSSR count). The van der Waals surface area contributed by atoms with Gasteiger partial charge in [-0.25, -0.2) is 0 Å². The first-order valence-electron chi connectivity index (χ1n) is 11.5. The van der Waals surface area contributed by atoms with Gasteiger partial charge in [-0.05, 0) is 107 Å². The molecule has 39 heavy (non-hydrogen) atoms. The predicted molar refractivity (Wildman–Crippen MR) is 154 cm³/mol. The maximum Gasteiger partial charge on any atom is 0.339 e. The fourth-order valence-electron chi connectivity index (χ4n) is 3.62. The monoisotopic (exact) mass is 651 g/mol. The Morgan fingerprint density at radius 1 is 1.03 bits per heavy atom. The summed E-state index contributed by atoms with van der Waals surface area (Å²) in [7, 11) is -2.83. The quantitative estimate of drug-likeness (QED) is 0.188. The van der Waals surface area contributed by atoms with Gasteiger partial charge in [0, 0.05) is 5.02 Å². The summed E-state index contributed by atoms with van der Waals surface area (Å²) in [5.41, 5.74) is 2.50. The molecule has 0 N–H and O–H groups in total. The second kappa shape index (κ2) is 12.0. The van der Waals surface area contributed by atoms with Crippen LogP contribution in [0, 0.1) is 13.8 Å². The molecule has 12 heteroatoms. The molecule has 0 aliphatic carbocycles. The molecule has 3 aromatic carbocycles. The Balaban J connectivity index is 1.50. The van der Waals surface area contributed by atoms with Crippen LogP contribution in [0.15, 0.2) is 68.9 Å². The van der Waals surface area contributed by atoms with Crippen molar-refractivity contribution in [2.75, 3.05) is 20.3 Å². The number of rotatable bonds is 9. The third-order valence-corrected chi connectivity index (χ3v) is 8.62. The lowest BCUT2D eigenvalue weighted by Gasteiger charge is -2.15. The van der Waals surface area contributed by atoms with Crippen molar-refractivity contribution in [3.63, 3.8) is 0 Å². The molecule has 8 nitrogen and oxygen atoms in total. The molecule has 0 saturated carbocycles. The van der Waals surface area contributed by atoms with Crippen LogP contribution in [0.1, 0.15) is 16.7 Å². The van der Waals surface area contributed by atoms with E-state index >= 15 is 0 Å². The van der Waals surface area contributed by atoms with Gasteiger partial charge in [0.2, 0.25) is 0 Å². The van der Waals surface area contributed by atoms with Gasteiger partial charge in [0.1, 0.15) is 17.3 Å². The van der Waals surface area contributed by atoms with Crippen molar-refractivity contribution in [3.8, 4) is 17.2 Å². The minimum atomic E-state index is -4.18. The van der Waals surface area contributed by atoms with Gasteiger partial charge in [0.15, 0.2) is 11.5 Å². The Labute approximate surface area is 244 Å². The number of halogens is 2. The summed E-state index contributed by atoms with van der Waals surface area (Å²) in [6, 6.07) is 14.4. The number of nitrogens with zero attached hydrogens (tertiary/aromatic N) is 1. The molecule has 0 aromatic heterocycles. The number of aryl methyl sites for hydroxylation is 2. The minimum Gasteiger partial charge on any atom is -0.493 e. The Bertz CT molecular complexity index is 1570. The largest absolute Gasteiger partial charge is 0.493 e. The van der Waals surface area contributed by atoms with Crippen molar-refractivity contribution in [1.29, 1.82) is 0 Å². The van der Waals surface area contributed by atoms with Gasteiger partial charge in [-0.1, -0.05) is 23.7 Å². The van der Waals surface area contributed by atoms with E-state index in [1.54, 1.807) is 6.07 Å². The Morgan fingerprint density at radius 2 is 1.74 bits per heavy atom. The number of carbonyl (C=O) groups is 2. The molecular weight excluding hydrogens is 630 g/mol. The molecular formula is C27H23BrClNO7S2. The van der Waals surface area contributed by atoms with Crippen LogP contribution in [0.3, 0.4) is 0 Å². The number of amides is 2. The third-order valence-electron chi connectivity index (χ3n) is 5.63. The lowest BCUT2D eigenvalue weighted by atomic mass is 10.1. The average Bonchev–Trinajstić information content (AvgIpc) is 3.15. The molecule has 204 valence electrons. The second-order valence-corrected chi connectivity index (χ2v) is 12.3. The van der Waals surface area contributed by atoms with Crippen molar-refractivity contribution in [2.24, 2.45) is 0 Å². The van der Waals surface area contributed by atoms with Gasteiger partial charge in [-0.3, -0.25) is 14.5 Å². The van der Waals surface area contributed by atoms with Gasteiger partial charge in [-0.15, -0.1) is 0 Å². The number of hydrogen-bond acceptors (Lipinski definition) is 8. The van der Waals surface area contributed by atoms with Crippen LogP contribution in [-0.2, 0) is 14.9 Å². The van der Waals surface area contributed by atoms with Crippen LogP contribution in [0.5, 0.6) is 17.2 Å². The van der Waals surface area contributed by atoms with E-state index in [0.717, 1.165) is 27.8 Å². The highest BCUT2D eigenvalue weighted by Crippen LogP contribution is 2.40. The second-order valence-electron chi connectivity index (χ2n) is 8.48. The third kappa shape index (κ3) is 6.78. The summed E-state index contributed by atoms with van der Waals surface area (Å²) in [4.78, 5) is 26.8. The minimum absolute atomic E-state index is 0.0682. The summed E-state index contributed by atoms with van der Waals surface area (Å²) in [6.07, 6.45) is 1.53. The smallest absolute Gasteiger partial charge is 0.339 e. The summed E-state index contributed by atoms with van der Waals surface area (Å²) < 4.78 is 42.3. The van der Waals surface area contributed by atoms with Crippen molar-refractivity contribution in [3.05, 3.63) is 85.7 Å². The zero-order valence-corrected chi connectivity index (χ0v) is 25.0. The molecule has 1 heterocycles. The number of hydrogen-bond donors (Lipinski definition) is 0. The van der Waals surface area contributed by atoms with E-state index in [0.29, 0.717) is 16.3 Å². The maximum absolute atomic E-state index is 13.0. The molecule has 1 aliphatic rings. The standard InChI is InChI=1S/C27H23BrClNO7S2/c1-16-4-5-17(2)22(12-16)36-11-10-30-26(31)24(38-27(30)32)15-18-13-21(28)25(23(14-18)35-3)37-39(33,34)20-8-6-19(29)7-9-20/h4-9,12-15H,10-11H2,1-3H3/b24-15-. The van der Waals surface area contributed by atoms with Crippen LogP contribution < -0.4 is 13.7 Å². The van der Waals surface area contributed by atoms with Gasteiger partial charge < -0.3 is 13.7 Å². The van der Waals surface area contributed by atoms with E-state index in [-0.39, 0.29) is 38.9 Å². The molecule has 0 atom stereocenters. The maximum atomic E-state index is 13.0. The lowest BCUT2D eigenvalue weighted by Crippen LogP contribution is -2.32. The Kier molecular flexibility index (Phi) is 8.95. The van der Waals surface area contributed by atoms with Crippen LogP contribution in [0.25, 0.3) is 6.08 Å². The first kappa shape index (κ1) is 29.0. The fourth-order valence-corrected chi connectivity index (χ4v) is 6.21. The topological polar surface area (TPSA) is 99.2 Å². The molecule has 1 saturated heterocycles. The predicted octanol–water partition coefficient (Wildman–Crippen LogP) is 6.61. The lowest BCUT2D eigenvalue weighted by molar-refractivity contribution is -0.123. The SMILES string of the molecule is COc1cc(/C=C2\SC(=O)N(CCOc3cc(C)ccc3C)C2=O)cc(Br)c1OS(=O)(=O)c1ccc(Cl)cc1. The Morgan fingerprint density at radius 3 is 2.44 bits per heavy atom. The van der Waals surface area contributed by atoms with E-state index in [2.05, 4.69) is 15.9 Å². The molecule has 3 aromatic rings. The van der Waals surface area contributed by atoms with E-state index in [9.17, 15) is 18.0 Å². The highest BCUT2D eigenvalue weighted by atomic mass is 79.9. The number of ether oxygens (including phenoxy) is 2. The summed E-state index contributed by atoms with van der Waals surface area (Å²) in [5.74, 6) is 0.292. The first-order valence-corrected chi connectivity index (χ1v) is 14.9.